The first kappa shape index (κ1) is 13.8. The molecule has 0 saturated heterocycles. The van der Waals surface area contributed by atoms with Crippen LogP contribution in [-0.4, -0.2) is 15.0 Å². The summed E-state index contributed by atoms with van der Waals surface area (Å²) in [5.41, 5.74) is 4.68. The summed E-state index contributed by atoms with van der Waals surface area (Å²) in [6.07, 6.45) is 1.71. The van der Waals surface area contributed by atoms with Gasteiger partial charge in [-0.3, -0.25) is 4.79 Å². The Hall–Kier alpha value is -2.85. The van der Waals surface area contributed by atoms with Crippen LogP contribution < -0.4 is 5.56 Å². The third-order valence-corrected chi connectivity index (χ3v) is 3.95. The molecule has 0 saturated carbocycles. The lowest BCUT2D eigenvalue weighted by Gasteiger charge is -2.02. The molecule has 112 valence electrons. The van der Waals surface area contributed by atoms with E-state index in [4.69, 9.17) is 11.6 Å². The van der Waals surface area contributed by atoms with Gasteiger partial charge in [0, 0.05) is 22.8 Å². The Morgan fingerprint density at radius 1 is 0.870 bits per heavy atom. The molecule has 4 aromatic rings. The molecule has 0 unspecified atom stereocenters. The first-order valence-electron chi connectivity index (χ1n) is 7.14. The standard InChI is InChI=1S/C18H12ClN3O/c19-14-6-7-15-16(9-14)22-18(21-15)12-3-1-11(2-4-12)13-5-8-17(23)20-10-13/h1-10H,(H,20,23)(H,21,22). The number of rotatable bonds is 2. The highest BCUT2D eigenvalue weighted by Crippen LogP contribution is 2.25. The van der Waals surface area contributed by atoms with E-state index in [0.717, 1.165) is 33.5 Å². The van der Waals surface area contributed by atoms with E-state index in [0.29, 0.717) is 5.02 Å². The third-order valence-electron chi connectivity index (χ3n) is 3.72. The van der Waals surface area contributed by atoms with Gasteiger partial charge in [-0.05, 0) is 35.4 Å². The molecular formula is C18H12ClN3O. The minimum Gasteiger partial charge on any atom is -0.338 e. The molecule has 4 nitrogen and oxygen atoms in total. The van der Waals surface area contributed by atoms with E-state index >= 15 is 0 Å². The van der Waals surface area contributed by atoms with E-state index in [1.165, 1.54) is 6.07 Å². The fourth-order valence-corrected chi connectivity index (χ4v) is 2.70. The number of nitrogens with zero attached hydrogens (tertiary/aromatic N) is 1. The molecule has 2 aromatic heterocycles. The van der Waals surface area contributed by atoms with Gasteiger partial charge in [-0.15, -0.1) is 0 Å². The van der Waals surface area contributed by atoms with Gasteiger partial charge < -0.3 is 9.97 Å². The van der Waals surface area contributed by atoms with Crippen LogP contribution in [0.1, 0.15) is 0 Å². The first-order chi connectivity index (χ1) is 11.2. The zero-order valence-corrected chi connectivity index (χ0v) is 12.8. The van der Waals surface area contributed by atoms with Crippen molar-refractivity contribution in [3.63, 3.8) is 0 Å². The van der Waals surface area contributed by atoms with Gasteiger partial charge in [0.15, 0.2) is 0 Å². The van der Waals surface area contributed by atoms with Crippen molar-refractivity contribution >= 4 is 22.6 Å². The Bertz CT molecular complexity index is 1030. The molecule has 4 rings (SSSR count). The second-order valence-electron chi connectivity index (χ2n) is 5.27. The summed E-state index contributed by atoms with van der Waals surface area (Å²) in [6, 6.07) is 16.9. The van der Waals surface area contributed by atoms with Crippen LogP contribution in [0.2, 0.25) is 5.02 Å². The second kappa shape index (κ2) is 5.41. The van der Waals surface area contributed by atoms with Crippen LogP contribution in [0.3, 0.4) is 0 Å². The Kier molecular flexibility index (Phi) is 3.24. The zero-order valence-electron chi connectivity index (χ0n) is 12.0. The number of hydrogen-bond acceptors (Lipinski definition) is 2. The van der Waals surface area contributed by atoms with Crippen molar-refractivity contribution in [2.45, 2.75) is 0 Å². The lowest BCUT2D eigenvalue weighted by molar-refractivity contribution is 1.24. The monoisotopic (exact) mass is 321 g/mol. The molecular weight excluding hydrogens is 310 g/mol. The molecule has 0 bridgehead atoms. The van der Waals surface area contributed by atoms with Crippen LogP contribution in [0.25, 0.3) is 33.5 Å². The minimum atomic E-state index is -0.105. The van der Waals surface area contributed by atoms with Crippen molar-refractivity contribution in [3.05, 3.63) is 76.2 Å². The second-order valence-corrected chi connectivity index (χ2v) is 5.70. The zero-order chi connectivity index (χ0) is 15.8. The summed E-state index contributed by atoms with van der Waals surface area (Å²) in [4.78, 5) is 21.7. The number of nitrogens with one attached hydrogen (secondary N) is 2. The van der Waals surface area contributed by atoms with Gasteiger partial charge in [-0.25, -0.2) is 4.98 Å². The van der Waals surface area contributed by atoms with E-state index in [2.05, 4.69) is 15.0 Å². The number of halogens is 1. The van der Waals surface area contributed by atoms with Crippen LogP contribution >= 0.6 is 11.6 Å². The summed E-state index contributed by atoms with van der Waals surface area (Å²) < 4.78 is 0. The molecule has 0 amide bonds. The van der Waals surface area contributed by atoms with Crippen molar-refractivity contribution in [1.82, 2.24) is 15.0 Å². The van der Waals surface area contributed by atoms with E-state index in [1.54, 1.807) is 12.3 Å². The molecule has 0 radical (unpaired) electrons. The van der Waals surface area contributed by atoms with Crippen molar-refractivity contribution in [2.75, 3.05) is 0 Å². The molecule has 23 heavy (non-hydrogen) atoms. The van der Waals surface area contributed by atoms with E-state index < -0.39 is 0 Å². The maximum atomic E-state index is 11.1. The van der Waals surface area contributed by atoms with Crippen molar-refractivity contribution in [2.24, 2.45) is 0 Å². The molecule has 2 aromatic carbocycles. The van der Waals surface area contributed by atoms with Crippen molar-refractivity contribution in [3.8, 4) is 22.5 Å². The van der Waals surface area contributed by atoms with Crippen molar-refractivity contribution < 1.29 is 0 Å². The Morgan fingerprint density at radius 3 is 2.35 bits per heavy atom. The van der Waals surface area contributed by atoms with Crippen LogP contribution in [0, 0.1) is 0 Å². The number of H-pyrrole nitrogens is 2. The number of imidazole rings is 1. The predicted octanol–water partition coefficient (Wildman–Crippen LogP) is 4.24. The maximum absolute atomic E-state index is 11.1. The fourth-order valence-electron chi connectivity index (χ4n) is 2.53. The largest absolute Gasteiger partial charge is 0.338 e. The highest BCUT2D eigenvalue weighted by atomic mass is 35.5. The van der Waals surface area contributed by atoms with Gasteiger partial charge in [-0.2, -0.15) is 0 Å². The molecule has 0 aliphatic rings. The van der Waals surface area contributed by atoms with Gasteiger partial charge in [0.25, 0.3) is 0 Å². The normalized spacial score (nSPS) is 11.0. The quantitative estimate of drug-likeness (QED) is 0.580. The summed E-state index contributed by atoms with van der Waals surface area (Å²) >= 11 is 6.00. The first-order valence-corrected chi connectivity index (χ1v) is 7.52. The van der Waals surface area contributed by atoms with E-state index in [1.807, 2.05) is 42.5 Å². The molecule has 0 fully saturated rings. The molecule has 2 heterocycles. The van der Waals surface area contributed by atoms with Crippen LogP contribution in [0.4, 0.5) is 0 Å². The van der Waals surface area contributed by atoms with Gasteiger partial charge in [0.2, 0.25) is 5.56 Å². The Morgan fingerprint density at radius 2 is 1.61 bits per heavy atom. The lowest BCUT2D eigenvalue weighted by atomic mass is 10.1. The average Bonchev–Trinajstić information content (AvgIpc) is 2.99. The van der Waals surface area contributed by atoms with Crippen LogP contribution in [0.5, 0.6) is 0 Å². The summed E-state index contributed by atoms with van der Waals surface area (Å²) in [6.45, 7) is 0. The van der Waals surface area contributed by atoms with Gasteiger partial charge in [0.05, 0.1) is 11.0 Å². The Balaban J connectivity index is 1.71. The van der Waals surface area contributed by atoms with E-state index in [-0.39, 0.29) is 5.56 Å². The summed E-state index contributed by atoms with van der Waals surface area (Å²) in [7, 11) is 0. The molecule has 0 spiro atoms. The molecule has 5 heteroatoms. The average molecular weight is 322 g/mol. The summed E-state index contributed by atoms with van der Waals surface area (Å²) in [5.74, 6) is 0.801. The fraction of sp³-hybridized carbons (Fsp3) is 0. The highest BCUT2D eigenvalue weighted by molar-refractivity contribution is 6.31. The maximum Gasteiger partial charge on any atom is 0.247 e. The van der Waals surface area contributed by atoms with Gasteiger partial charge >= 0.3 is 0 Å². The van der Waals surface area contributed by atoms with Gasteiger partial charge in [0.1, 0.15) is 5.82 Å². The molecule has 2 N–H and O–H groups in total. The van der Waals surface area contributed by atoms with Crippen molar-refractivity contribution in [1.29, 1.82) is 0 Å². The SMILES string of the molecule is O=c1ccc(-c2ccc(-c3nc4ccc(Cl)cc4[nH]3)cc2)c[nH]1. The topological polar surface area (TPSA) is 61.5 Å². The molecule has 0 aliphatic carbocycles. The summed E-state index contributed by atoms with van der Waals surface area (Å²) in [5, 5.41) is 0.682. The number of pyridine rings is 1. The highest BCUT2D eigenvalue weighted by Gasteiger charge is 2.06. The van der Waals surface area contributed by atoms with Gasteiger partial charge in [-0.1, -0.05) is 35.9 Å². The number of aromatic amines is 2. The van der Waals surface area contributed by atoms with Crippen LogP contribution in [0.15, 0.2) is 65.6 Å². The molecule has 0 aliphatic heterocycles. The van der Waals surface area contributed by atoms with Crippen LogP contribution in [-0.2, 0) is 0 Å². The third kappa shape index (κ3) is 2.64. The number of aromatic nitrogens is 3. The Labute approximate surface area is 136 Å². The smallest absolute Gasteiger partial charge is 0.247 e. The predicted molar refractivity (Wildman–Crippen MR) is 92.6 cm³/mol. The number of benzene rings is 2. The minimum absolute atomic E-state index is 0.105. The lowest BCUT2D eigenvalue weighted by Crippen LogP contribution is -2.01. The number of hydrogen-bond donors (Lipinski definition) is 2. The number of fused-ring (bicyclic) bond motifs is 1. The molecule has 0 atom stereocenters. The van der Waals surface area contributed by atoms with E-state index in [9.17, 15) is 4.79 Å².